The third-order valence-corrected chi connectivity index (χ3v) is 5.83. The van der Waals surface area contributed by atoms with Gasteiger partial charge in [0.1, 0.15) is 18.1 Å². The fraction of sp³-hybridized carbons (Fsp3) is 0.542. The number of rotatable bonds is 8. The van der Waals surface area contributed by atoms with E-state index in [0.29, 0.717) is 17.5 Å². The zero-order valence-electron chi connectivity index (χ0n) is 18.2. The highest BCUT2D eigenvalue weighted by atomic mass is 16.5. The smallest absolute Gasteiger partial charge is 0.407 e. The van der Waals surface area contributed by atoms with Gasteiger partial charge in [-0.1, -0.05) is 43.6 Å². The van der Waals surface area contributed by atoms with Gasteiger partial charge < -0.3 is 20.3 Å². The number of nitrogens with one attached hydrogen (secondary N) is 1. The Balaban J connectivity index is 2.52. The molecule has 0 spiro atoms. The van der Waals surface area contributed by atoms with Crippen molar-refractivity contribution in [3.05, 3.63) is 46.6 Å². The Morgan fingerprint density at radius 3 is 2.69 bits per heavy atom. The summed E-state index contributed by atoms with van der Waals surface area (Å²) < 4.78 is 5.26. The van der Waals surface area contributed by atoms with Crippen LogP contribution in [0.3, 0.4) is 0 Å². The number of aryl methyl sites for hydroxylation is 1. The lowest BCUT2D eigenvalue weighted by Crippen LogP contribution is -2.20. The number of alkyl carbamates (subject to hydrolysis) is 1. The number of phenolic OH excluding ortho intramolecular Hbond substituents is 2. The van der Waals surface area contributed by atoms with Crippen LogP contribution in [0.4, 0.5) is 4.79 Å². The third kappa shape index (κ3) is 5.55. The van der Waals surface area contributed by atoms with E-state index in [4.69, 9.17) is 4.74 Å². The van der Waals surface area contributed by atoms with Gasteiger partial charge in [-0.15, -0.1) is 0 Å². The van der Waals surface area contributed by atoms with E-state index < -0.39 is 6.09 Å². The molecule has 1 aliphatic carbocycles. The highest BCUT2D eigenvalue weighted by Crippen LogP contribution is 2.48. The lowest BCUT2D eigenvalue weighted by atomic mass is 9.73. The molecule has 0 fully saturated rings. The summed E-state index contributed by atoms with van der Waals surface area (Å²) in [4.78, 5) is 11.6. The first-order chi connectivity index (χ1) is 13.8. The van der Waals surface area contributed by atoms with Gasteiger partial charge >= 0.3 is 6.09 Å². The van der Waals surface area contributed by atoms with Gasteiger partial charge in [0, 0.05) is 24.1 Å². The molecule has 5 nitrogen and oxygen atoms in total. The second-order valence-electron chi connectivity index (χ2n) is 8.11. The lowest BCUT2D eigenvalue weighted by Gasteiger charge is -2.32. The summed E-state index contributed by atoms with van der Waals surface area (Å²) in [6.07, 6.45) is 7.28. The first-order valence-electron chi connectivity index (χ1n) is 10.5. The molecule has 160 valence electrons. The van der Waals surface area contributed by atoms with Gasteiger partial charge in [-0.25, -0.2) is 4.79 Å². The quantitative estimate of drug-likeness (QED) is 0.385. The summed E-state index contributed by atoms with van der Waals surface area (Å²) in [5.41, 5.74) is 4.18. The summed E-state index contributed by atoms with van der Waals surface area (Å²) >= 11 is 0. The summed E-state index contributed by atoms with van der Waals surface area (Å²) in [5.74, 6) is 0.126. The van der Waals surface area contributed by atoms with Crippen LogP contribution in [-0.4, -0.2) is 23.4 Å². The number of hydrogen-bond acceptors (Lipinski definition) is 4. The van der Waals surface area contributed by atoms with Crippen LogP contribution < -0.4 is 5.32 Å². The van der Waals surface area contributed by atoms with Gasteiger partial charge in [-0.2, -0.15) is 0 Å². The maximum Gasteiger partial charge on any atom is 0.407 e. The van der Waals surface area contributed by atoms with E-state index in [2.05, 4.69) is 31.8 Å². The molecule has 1 aromatic rings. The van der Waals surface area contributed by atoms with Crippen LogP contribution in [0.15, 0.2) is 29.9 Å². The number of carbonyl (C=O) groups excluding carboxylic acids is 1. The largest absolute Gasteiger partial charge is 0.507 e. The molecule has 2 atom stereocenters. The van der Waals surface area contributed by atoms with Crippen molar-refractivity contribution in [2.75, 3.05) is 7.05 Å². The van der Waals surface area contributed by atoms with Gasteiger partial charge in [-0.05, 0) is 57.1 Å². The van der Waals surface area contributed by atoms with Crippen molar-refractivity contribution >= 4 is 6.09 Å². The second kappa shape index (κ2) is 10.4. The number of amides is 1. The fourth-order valence-corrected chi connectivity index (χ4v) is 4.16. The lowest BCUT2D eigenvalue weighted by molar-refractivity contribution is 0.140. The Labute approximate surface area is 174 Å². The van der Waals surface area contributed by atoms with E-state index >= 15 is 0 Å². The number of phenols is 2. The zero-order valence-corrected chi connectivity index (χ0v) is 18.2. The zero-order chi connectivity index (χ0) is 21.6. The molecule has 2 rings (SSSR count). The molecule has 1 aromatic carbocycles. The minimum atomic E-state index is -0.549. The van der Waals surface area contributed by atoms with E-state index in [9.17, 15) is 15.0 Å². The van der Waals surface area contributed by atoms with Crippen molar-refractivity contribution < 1.29 is 19.7 Å². The Morgan fingerprint density at radius 2 is 2.07 bits per heavy atom. The Bertz CT molecular complexity index is 782. The SMILES string of the molecule is C=C(C)C1CCC(C)=CC1c1c(O)cc(CCCCC)c(COC(=O)NC)c1O. The molecule has 0 radical (unpaired) electrons. The molecule has 1 aliphatic rings. The van der Waals surface area contributed by atoms with Crippen molar-refractivity contribution in [3.8, 4) is 11.5 Å². The van der Waals surface area contributed by atoms with E-state index in [-0.39, 0.29) is 29.9 Å². The fourth-order valence-electron chi connectivity index (χ4n) is 4.16. The highest BCUT2D eigenvalue weighted by Gasteiger charge is 2.31. The molecular weight excluding hydrogens is 366 g/mol. The molecule has 5 heteroatoms. The molecule has 0 aliphatic heterocycles. The predicted octanol–water partition coefficient (Wildman–Crippen LogP) is 5.70. The Hall–Kier alpha value is -2.43. The average molecular weight is 402 g/mol. The van der Waals surface area contributed by atoms with Crippen molar-refractivity contribution in [1.82, 2.24) is 5.32 Å². The maximum atomic E-state index is 11.6. The minimum Gasteiger partial charge on any atom is -0.507 e. The van der Waals surface area contributed by atoms with Crippen LogP contribution in [0.5, 0.6) is 11.5 Å². The van der Waals surface area contributed by atoms with Crippen LogP contribution in [0.1, 0.15) is 75.5 Å². The van der Waals surface area contributed by atoms with E-state index in [1.165, 1.54) is 12.6 Å². The van der Waals surface area contributed by atoms with Crippen LogP contribution in [-0.2, 0) is 17.8 Å². The molecular formula is C24H35NO4. The van der Waals surface area contributed by atoms with Crippen molar-refractivity contribution in [2.24, 2.45) is 5.92 Å². The maximum absolute atomic E-state index is 11.6. The summed E-state index contributed by atoms with van der Waals surface area (Å²) in [6.45, 7) is 10.3. The van der Waals surface area contributed by atoms with Crippen LogP contribution in [0.2, 0.25) is 0 Å². The molecule has 0 saturated carbocycles. The number of ether oxygens (including phenoxy) is 1. The standard InChI is InChI=1S/C24H35NO4/c1-6-7-8-9-17-13-21(26)22(23(27)20(17)14-29-24(28)25-5)19-12-16(4)10-11-18(19)15(2)3/h12-13,18-19,26-27H,2,6-11,14H2,1,3-5H3,(H,25,28). The number of carbonyl (C=O) groups is 1. The van der Waals surface area contributed by atoms with E-state index in [0.717, 1.165) is 43.2 Å². The summed E-state index contributed by atoms with van der Waals surface area (Å²) in [6, 6.07) is 1.74. The number of allylic oxidation sites excluding steroid dienone is 3. The first-order valence-corrected chi connectivity index (χ1v) is 10.5. The minimum absolute atomic E-state index is 0.0302. The summed E-state index contributed by atoms with van der Waals surface area (Å²) in [7, 11) is 1.50. The number of benzene rings is 1. The van der Waals surface area contributed by atoms with Gasteiger partial charge in [0.25, 0.3) is 0 Å². The highest BCUT2D eigenvalue weighted by molar-refractivity contribution is 5.67. The molecule has 2 unspecified atom stereocenters. The van der Waals surface area contributed by atoms with Gasteiger partial charge in [0.05, 0.1) is 0 Å². The molecule has 29 heavy (non-hydrogen) atoms. The topological polar surface area (TPSA) is 78.8 Å². The van der Waals surface area contributed by atoms with Crippen molar-refractivity contribution in [1.29, 1.82) is 0 Å². The van der Waals surface area contributed by atoms with Gasteiger partial charge in [0.15, 0.2) is 0 Å². The van der Waals surface area contributed by atoms with E-state index in [1.54, 1.807) is 6.07 Å². The molecule has 0 heterocycles. The third-order valence-electron chi connectivity index (χ3n) is 5.83. The van der Waals surface area contributed by atoms with Crippen LogP contribution in [0.25, 0.3) is 0 Å². The van der Waals surface area contributed by atoms with Crippen molar-refractivity contribution in [3.63, 3.8) is 0 Å². The van der Waals surface area contributed by atoms with E-state index in [1.807, 2.05) is 6.92 Å². The van der Waals surface area contributed by atoms with Gasteiger partial charge in [0.2, 0.25) is 0 Å². The number of hydrogen-bond donors (Lipinski definition) is 3. The van der Waals surface area contributed by atoms with Gasteiger partial charge in [-0.3, -0.25) is 0 Å². The number of aromatic hydroxyl groups is 2. The number of unbranched alkanes of at least 4 members (excludes halogenated alkanes) is 2. The van der Waals surface area contributed by atoms with Crippen molar-refractivity contribution in [2.45, 2.75) is 71.8 Å². The van der Waals surface area contributed by atoms with Crippen LogP contribution >= 0.6 is 0 Å². The first kappa shape index (κ1) is 22.9. The average Bonchev–Trinajstić information content (AvgIpc) is 2.67. The molecule has 0 bridgehead atoms. The predicted molar refractivity (Wildman–Crippen MR) is 116 cm³/mol. The normalized spacial score (nSPS) is 18.8. The Morgan fingerprint density at radius 1 is 1.34 bits per heavy atom. The molecule has 0 saturated heterocycles. The van der Waals surface area contributed by atoms with Crippen LogP contribution in [0, 0.1) is 5.92 Å². The molecule has 0 aromatic heterocycles. The summed E-state index contributed by atoms with van der Waals surface area (Å²) in [5, 5.41) is 24.5. The Kier molecular flexibility index (Phi) is 8.18. The second-order valence-corrected chi connectivity index (χ2v) is 8.11. The monoisotopic (exact) mass is 401 g/mol. The molecule has 3 N–H and O–H groups in total. The molecule has 1 amide bonds.